The van der Waals surface area contributed by atoms with Crippen molar-refractivity contribution in [3.8, 4) is 5.88 Å². The molecule has 2 rings (SSSR count). The molecule has 0 radical (unpaired) electrons. The predicted octanol–water partition coefficient (Wildman–Crippen LogP) is 2.83. The van der Waals surface area contributed by atoms with E-state index in [4.69, 9.17) is 4.74 Å². The third-order valence-electron chi connectivity index (χ3n) is 3.46. The highest BCUT2D eigenvalue weighted by Crippen LogP contribution is 2.23. The first-order chi connectivity index (χ1) is 11.7. The van der Waals surface area contributed by atoms with Crippen molar-refractivity contribution in [1.29, 1.82) is 0 Å². The Kier molecular flexibility index (Phi) is 6.61. The van der Waals surface area contributed by atoms with Gasteiger partial charge in [-0.25, -0.2) is 13.4 Å². The number of rotatable bonds is 7. The van der Waals surface area contributed by atoms with Crippen LogP contribution >= 0.6 is 22.6 Å². The maximum atomic E-state index is 12.8. The zero-order chi connectivity index (χ0) is 18.6. The van der Waals surface area contributed by atoms with Crippen LogP contribution in [0.3, 0.4) is 0 Å². The molecule has 0 spiro atoms. The van der Waals surface area contributed by atoms with Crippen molar-refractivity contribution in [2.75, 3.05) is 6.26 Å². The highest BCUT2D eigenvalue weighted by Gasteiger charge is 2.31. The van der Waals surface area contributed by atoms with E-state index in [0.717, 1.165) is 11.8 Å². The van der Waals surface area contributed by atoms with E-state index in [2.05, 4.69) is 4.98 Å². The van der Waals surface area contributed by atoms with Gasteiger partial charge in [0.05, 0.1) is 0 Å². The van der Waals surface area contributed by atoms with Crippen molar-refractivity contribution in [2.45, 2.75) is 36.3 Å². The number of sulfone groups is 1. The van der Waals surface area contributed by atoms with Gasteiger partial charge in [-0.1, -0.05) is 66.8 Å². The van der Waals surface area contributed by atoms with E-state index < -0.39 is 9.84 Å². The fourth-order valence-electron chi connectivity index (χ4n) is 2.41. The van der Waals surface area contributed by atoms with E-state index >= 15 is 0 Å². The van der Waals surface area contributed by atoms with Gasteiger partial charge >= 0.3 is 5.03 Å². The molecule has 0 aliphatic rings. The van der Waals surface area contributed by atoms with E-state index in [-0.39, 0.29) is 34.8 Å². The van der Waals surface area contributed by atoms with Gasteiger partial charge in [-0.2, -0.15) is 4.73 Å². The van der Waals surface area contributed by atoms with Crippen LogP contribution in [0.25, 0.3) is 0 Å². The fraction of sp³-hybridized carbons (Fsp3) is 0.412. The molecule has 1 aromatic heterocycles. The van der Waals surface area contributed by atoms with E-state index in [1.165, 1.54) is 0 Å². The third-order valence-corrected chi connectivity index (χ3v) is 5.28. The molecule has 0 bridgehead atoms. The van der Waals surface area contributed by atoms with Gasteiger partial charge in [0, 0.05) is 17.1 Å². The average Bonchev–Trinajstić information content (AvgIpc) is 2.54. The smallest absolute Gasteiger partial charge is 0.331 e. The van der Waals surface area contributed by atoms with Crippen LogP contribution in [0.1, 0.15) is 30.8 Å². The summed E-state index contributed by atoms with van der Waals surface area (Å²) in [5.41, 5.74) is 1.41. The largest absolute Gasteiger partial charge is 0.617 e. The lowest BCUT2D eigenvalue weighted by Gasteiger charge is -2.16. The minimum Gasteiger partial charge on any atom is -0.617 e. The van der Waals surface area contributed by atoms with Gasteiger partial charge in [-0.15, -0.1) is 0 Å². The molecule has 0 saturated carbocycles. The summed E-state index contributed by atoms with van der Waals surface area (Å²) in [5, 5.41) is 12.5. The van der Waals surface area contributed by atoms with Crippen molar-refractivity contribution in [2.24, 2.45) is 5.92 Å². The second-order valence-corrected chi connectivity index (χ2v) is 8.88. The lowest BCUT2D eigenvalue weighted by Crippen LogP contribution is -2.41. The van der Waals surface area contributed by atoms with Gasteiger partial charge in [0.2, 0.25) is 9.84 Å². The summed E-state index contributed by atoms with van der Waals surface area (Å²) in [4.78, 5) is 4.36. The molecule has 136 valence electrons. The molecule has 2 aromatic rings. The number of hydrogen-bond acceptors (Lipinski definition) is 5. The van der Waals surface area contributed by atoms with Gasteiger partial charge in [0.25, 0.3) is 11.6 Å². The van der Waals surface area contributed by atoms with Crippen LogP contribution in [0.5, 0.6) is 5.88 Å². The standard InChI is InChI=1S/C17H21IN2O4S/c1-12(2)9-15-16(24-11-13-7-5-4-6-8-13)19-14(10-18)17(20(15)21)25(3,22)23/h4-8,12H,9-11H2,1-3H3. The summed E-state index contributed by atoms with van der Waals surface area (Å²) in [6.45, 7) is 4.17. The Morgan fingerprint density at radius 3 is 2.44 bits per heavy atom. The van der Waals surface area contributed by atoms with Crippen molar-refractivity contribution in [3.05, 3.63) is 52.5 Å². The lowest BCUT2D eigenvalue weighted by molar-refractivity contribution is -0.656. The number of ether oxygens (including phenoxy) is 1. The first-order valence-corrected chi connectivity index (χ1v) is 11.2. The molecule has 0 aliphatic heterocycles. The zero-order valence-electron chi connectivity index (χ0n) is 14.4. The molecular formula is C17H21IN2O4S. The third kappa shape index (κ3) is 5.04. The van der Waals surface area contributed by atoms with E-state index in [9.17, 15) is 13.6 Å². The highest BCUT2D eigenvalue weighted by molar-refractivity contribution is 14.1. The van der Waals surface area contributed by atoms with Gasteiger partial charge in [-0.3, -0.25) is 0 Å². The Bertz CT molecular complexity index is 839. The number of halogens is 1. The Labute approximate surface area is 161 Å². The Hall–Kier alpha value is -1.42. The second kappa shape index (κ2) is 8.31. The van der Waals surface area contributed by atoms with Gasteiger partial charge in [0.1, 0.15) is 12.3 Å². The molecular weight excluding hydrogens is 455 g/mol. The molecule has 1 heterocycles. The first kappa shape index (κ1) is 19.9. The molecule has 25 heavy (non-hydrogen) atoms. The number of benzene rings is 1. The summed E-state index contributed by atoms with van der Waals surface area (Å²) in [5.74, 6) is 0.352. The predicted molar refractivity (Wildman–Crippen MR) is 103 cm³/mol. The molecule has 8 heteroatoms. The summed E-state index contributed by atoms with van der Waals surface area (Å²) in [7, 11) is -3.69. The summed E-state index contributed by atoms with van der Waals surface area (Å²) >= 11 is 1.99. The fourth-order valence-corrected chi connectivity index (χ4v) is 4.16. The van der Waals surface area contributed by atoms with Crippen LogP contribution < -0.4 is 9.47 Å². The number of alkyl halides is 1. The maximum absolute atomic E-state index is 12.8. The molecule has 1 aromatic carbocycles. The van der Waals surface area contributed by atoms with Gasteiger partial charge in [0.15, 0.2) is 0 Å². The van der Waals surface area contributed by atoms with Crippen LogP contribution in [0.2, 0.25) is 0 Å². The molecule has 0 unspecified atom stereocenters. The lowest BCUT2D eigenvalue weighted by atomic mass is 10.1. The van der Waals surface area contributed by atoms with Crippen molar-refractivity contribution < 1.29 is 17.9 Å². The molecule has 0 atom stereocenters. The Morgan fingerprint density at radius 1 is 1.28 bits per heavy atom. The molecule has 0 N–H and O–H groups in total. The van der Waals surface area contributed by atoms with Crippen molar-refractivity contribution in [3.63, 3.8) is 0 Å². The minimum atomic E-state index is -3.69. The molecule has 6 nitrogen and oxygen atoms in total. The number of nitrogens with zero attached hydrogens (tertiary/aromatic N) is 2. The second-order valence-electron chi connectivity index (χ2n) is 6.19. The van der Waals surface area contributed by atoms with Crippen LogP contribution in [-0.4, -0.2) is 19.7 Å². The number of aromatic nitrogens is 2. The van der Waals surface area contributed by atoms with Gasteiger partial charge in [-0.05, 0) is 11.5 Å². The average molecular weight is 476 g/mol. The SMILES string of the molecule is CC(C)Cc1c(OCc2ccccc2)nc(CI)c(S(C)(=O)=O)[n+]1[O-]. The molecule has 0 amide bonds. The molecule has 0 fully saturated rings. The highest BCUT2D eigenvalue weighted by atomic mass is 127. The van der Waals surface area contributed by atoms with Crippen LogP contribution in [0.15, 0.2) is 35.4 Å². The first-order valence-electron chi connectivity index (χ1n) is 7.82. The summed E-state index contributed by atoms with van der Waals surface area (Å²) in [6.07, 6.45) is 1.41. The van der Waals surface area contributed by atoms with E-state index in [0.29, 0.717) is 15.6 Å². The monoisotopic (exact) mass is 476 g/mol. The van der Waals surface area contributed by atoms with Crippen molar-refractivity contribution in [1.82, 2.24) is 4.98 Å². The zero-order valence-corrected chi connectivity index (χ0v) is 17.4. The van der Waals surface area contributed by atoms with Gasteiger partial charge < -0.3 is 9.94 Å². The topological polar surface area (TPSA) is 83.2 Å². The molecule has 0 aliphatic carbocycles. The summed E-state index contributed by atoms with van der Waals surface area (Å²) < 4.78 is 30.7. The Balaban J connectivity index is 2.51. The maximum Gasteiger partial charge on any atom is 0.331 e. The van der Waals surface area contributed by atoms with Crippen LogP contribution in [-0.2, 0) is 27.3 Å². The van der Waals surface area contributed by atoms with Crippen molar-refractivity contribution >= 4 is 32.4 Å². The minimum absolute atomic E-state index is 0.152. The van der Waals surface area contributed by atoms with E-state index in [1.807, 2.05) is 66.8 Å². The van der Waals surface area contributed by atoms with E-state index in [1.54, 1.807) is 0 Å². The normalized spacial score (nSPS) is 11.7. The molecule has 0 saturated heterocycles. The van der Waals surface area contributed by atoms with Crippen LogP contribution in [0.4, 0.5) is 0 Å². The summed E-state index contributed by atoms with van der Waals surface area (Å²) in [6, 6.07) is 9.54. The Morgan fingerprint density at radius 2 is 1.92 bits per heavy atom. The number of hydrogen-bond donors (Lipinski definition) is 0. The van der Waals surface area contributed by atoms with Crippen LogP contribution in [0, 0.1) is 11.1 Å². The quantitative estimate of drug-likeness (QED) is 0.266.